The van der Waals surface area contributed by atoms with Crippen molar-refractivity contribution < 1.29 is 4.42 Å². The summed E-state index contributed by atoms with van der Waals surface area (Å²) < 4.78 is 6.28. The molecule has 0 atom stereocenters. The second-order valence-electron chi connectivity index (χ2n) is 10.2. The first kappa shape index (κ1) is 22.0. The Morgan fingerprint density at radius 3 is 2.08 bits per heavy atom. The van der Waals surface area contributed by atoms with Crippen LogP contribution in [0.3, 0.4) is 0 Å². The molecular weight excluding hydrogens is 474 g/mol. The van der Waals surface area contributed by atoms with Crippen molar-refractivity contribution in [2.24, 2.45) is 0 Å². The molecule has 6 aromatic carbocycles. The molecule has 0 fully saturated rings. The van der Waals surface area contributed by atoms with Crippen LogP contribution in [0, 0.1) is 0 Å². The molecule has 1 heterocycles. The molecule has 39 heavy (non-hydrogen) atoms. The lowest BCUT2D eigenvalue weighted by Crippen LogP contribution is -2.10. The largest absolute Gasteiger partial charge is 0.456 e. The molecule has 0 spiro atoms. The van der Waals surface area contributed by atoms with Gasteiger partial charge in [0.1, 0.15) is 11.2 Å². The number of hydrogen-bond donors (Lipinski definition) is 0. The molecule has 0 saturated heterocycles. The predicted octanol–water partition coefficient (Wildman–Crippen LogP) is 10.3. The highest BCUT2D eigenvalue weighted by molar-refractivity contribution is 6.13. The van der Waals surface area contributed by atoms with Gasteiger partial charge in [0.2, 0.25) is 0 Å². The van der Waals surface area contributed by atoms with Crippen molar-refractivity contribution in [1.29, 1.82) is 0 Å². The number of hydrogen-bond acceptors (Lipinski definition) is 2. The molecule has 0 amide bonds. The minimum absolute atomic E-state index is 0.896. The van der Waals surface area contributed by atoms with Gasteiger partial charge in [0, 0.05) is 16.8 Å². The van der Waals surface area contributed by atoms with Crippen LogP contribution in [0.4, 0.5) is 17.1 Å². The summed E-state index contributed by atoms with van der Waals surface area (Å²) in [5.41, 5.74) is 13.0. The minimum Gasteiger partial charge on any atom is -0.456 e. The van der Waals surface area contributed by atoms with Gasteiger partial charge in [-0.3, -0.25) is 0 Å². The summed E-state index contributed by atoms with van der Waals surface area (Å²) in [6.07, 6.45) is 0.957. The maximum Gasteiger partial charge on any atom is 0.137 e. The van der Waals surface area contributed by atoms with Gasteiger partial charge in [-0.2, -0.15) is 0 Å². The van der Waals surface area contributed by atoms with Crippen molar-refractivity contribution in [2.75, 3.05) is 4.90 Å². The van der Waals surface area contributed by atoms with Crippen LogP contribution in [0.25, 0.3) is 44.2 Å². The number of para-hydroxylation sites is 1. The van der Waals surface area contributed by atoms with Crippen LogP contribution in [-0.4, -0.2) is 0 Å². The molecule has 2 heteroatoms. The summed E-state index contributed by atoms with van der Waals surface area (Å²) in [6, 6.07) is 49.8. The van der Waals surface area contributed by atoms with Crippen LogP contribution in [0.2, 0.25) is 0 Å². The summed E-state index contributed by atoms with van der Waals surface area (Å²) in [5, 5.41) is 2.26. The average molecular weight is 500 g/mol. The fourth-order valence-electron chi connectivity index (χ4n) is 6.07. The first-order valence-electron chi connectivity index (χ1n) is 13.4. The molecule has 0 radical (unpaired) electrons. The van der Waals surface area contributed by atoms with Gasteiger partial charge in [0.05, 0.1) is 11.1 Å². The van der Waals surface area contributed by atoms with Gasteiger partial charge in [-0.1, -0.05) is 97.1 Å². The van der Waals surface area contributed by atoms with Crippen molar-refractivity contribution in [3.05, 3.63) is 151 Å². The maximum absolute atomic E-state index is 6.28. The quantitative estimate of drug-likeness (QED) is 0.239. The third-order valence-corrected chi connectivity index (χ3v) is 7.89. The van der Waals surface area contributed by atoms with E-state index in [1.54, 1.807) is 0 Å². The van der Waals surface area contributed by atoms with E-state index >= 15 is 0 Å². The highest BCUT2D eigenvalue weighted by atomic mass is 16.3. The van der Waals surface area contributed by atoms with Crippen LogP contribution in [0.5, 0.6) is 0 Å². The number of anilines is 3. The molecule has 1 aliphatic carbocycles. The highest BCUT2D eigenvalue weighted by Crippen LogP contribution is 2.45. The zero-order valence-corrected chi connectivity index (χ0v) is 21.3. The van der Waals surface area contributed by atoms with E-state index in [0.29, 0.717) is 0 Å². The Morgan fingerprint density at radius 1 is 0.487 bits per heavy atom. The van der Waals surface area contributed by atoms with E-state index in [9.17, 15) is 0 Å². The van der Waals surface area contributed by atoms with Gasteiger partial charge in [0.25, 0.3) is 0 Å². The van der Waals surface area contributed by atoms with E-state index in [2.05, 4.69) is 132 Å². The molecule has 0 N–H and O–H groups in total. The predicted molar refractivity (Wildman–Crippen MR) is 162 cm³/mol. The van der Waals surface area contributed by atoms with E-state index in [1.165, 1.54) is 33.4 Å². The monoisotopic (exact) mass is 499 g/mol. The van der Waals surface area contributed by atoms with Crippen LogP contribution < -0.4 is 4.90 Å². The Balaban J connectivity index is 1.33. The average Bonchev–Trinajstić information content (AvgIpc) is 3.56. The summed E-state index contributed by atoms with van der Waals surface area (Å²) in [4.78, 5) is 2.38. The Labute approximate surface area is 227 Å². The molecule has 1 aliphatic rings. The molecule has 0 unspecified atom stereocenters. The van der Waals surface area contributed by atoms with E-state index < -0.39 is 0 Å². The van der Waals surface area contributed by atoms with Crippen molar-refractivity contribution in [3.8, 4) is 22.3 Å². The minimum atomic E-state index is 0.896. The molecular formula is C37H25NO. The zero-order chi connectivity index (χ0) is 25.8. The second kappa shape index (κ2) is 8.75. The van der Waals surface area contributed by atoms with E-state index in [-0.39, 0.29) is 0 Å². The number of fused-ring (bicyclic) bond motifs is 6. The zero-order valence-electron chi connectivity index (χ0n) is 21.3. The van der Waals surface area contributed by atoms with Crippen LogP contribution in [-0.2, 0) is 6.42 Å². The Morgan fingerprint density at radius 2 is 1.18 bits per heavy atom. The van der Waals surface area contributed by atoms with Gasteiger partial charge in [-0.05, 0) is 82.3 Å². The van der Waals surface area contributed by atoms with Crippen molar-refractivity contribution in [1.82, 2.24) is 0 Å². The molecule has 0 saturated carbocycles. The lowest BCUT2D eigenvalue weighted by molar-refractivity contribution is 0.669. The molecule has 2 nitrogen and oxygen atoms in total. The van der Waals surface area contributed by atoms with Gasteiger partial charge in [-0.25, -0.2) is 0 Å². The smallest absolute Gasteiger partial charge is 0.137 e. The molecule has 1 aromatic heterocycles. The van der Waals surface area contributed by atoms with Crippen LogP contribution >= 0.6 is 0 Å². The van der Waals surface area contributed by atoms with Gasteiger partial charge in [-0.15, -0.1) is 0 Å². The Bertz CT molecular complexity index is 1980. The fourth-order valence-corrected chi connectivity index (χ4v) is 6.07. The van der Waals surface area contributed by atoms with Crippen molar-refractivity contribution in [2.45, 2.75) is 6.42 Å². The van der Waals surface area contributed by atoms with Gasteiger partial charge in [0.15, 0.2) is 0 Å². The van der Waals surface area contributed by atoms with Gasteiger partial charge >= 0.3 is 0 Å². The third-order valence-electron chi connectivity index (χ3n) is 7.89. The standard InChI is InChI=1S/C37H25NO/c1-2-9-25(10-3-1)26-17-19-29(20-18-26)38(30-21-22-32-28(24-30)23-27-11-4-5-12-31(27)32)34-14-8-16-36-37(34)33-13-6-7-15-35(33)39-36/h1-22,24H,23H2. The number of rotatable bonds is 4. The van der Waals surface area contributed by atoms with E-state index in [4.69, 9.17) is 4.42 Å². The summed E-state index contributed by atoms with van der Waals surface area (Å²) in [5.74, 6) is 0. The number of furan rings is 1. The van der Waals surface area contributed by atoms with Crippen molar-refractivity contribution in [3.63, 3.8) is 0 Å². The third kappa shape index (κ3) is 3.57. The number of nitrogens with zero attached hydrogens (tertiary/aromatic N) is 1. The first-order valence-corrected chi connectivity index (χ1v) is 13.4. The normalized spacial score (nSPS) is 12.0. The summed E-state index contributed by atoms with van der Waals surface area (Å²) in [7, 11) is 0. The Kier molecular flexibility index (Phi) is 4.92. The molecule has 7 aromatic rings. The molecule has 0 aliphatic heterocycles. The lowest BCUT2D eigenvalue weighted by atomic mass is 10.0. The first-order chi connectivity index (χ1) is 19.3. The van der Waals surface area contributed by atoms with E-state index in [0.717, 1.165) is 45.4 Å². The highest BCUT2D eigenvalue weighted by Gasteiger charge is 2.23. The second-order valence-corrected chi connectivity index (χ2v) is 10.2. The Hall–Kier alpha value is -5.08. The lowest BCUT2D eigenvalue weighted by Gasteiger charge is -2.27. The maximum atomic E-state index is 6.28. The number of benzene rings is 6. The fraction of sp³-hybridized carbons (Fsp3) is 0.0270. The molecule has 184 valence electrons. The molecule has 8 rings (SSSR count). The SMILES string of the molecule is c1ccc(-c2ccc(N(c3ccc4c(c3)Cc3ccccc3-4)c3cccc4oc5ccccc5c34)cc2)cc1. The van der Waals surface area contributed by atoms with Crippen LogP contribution in [0.15, 0.2) is 144 Å². The van der Waals surface area contributed by atoms with Crippen molar-refractivity contribution >= 4 is 39.0 Å². The summed E-state index contributed by atoms with van der Waals surface area (Å²) >= 11 is 0. The van der Waals surface area contributed by atoms with E-state index in [1.807, 2.05) is 12.1 Å². The topological polar surface area (TPSA) is 16.4 Å². The molecule has 0 bridgehead atoms. The van der Waals surface area contributed by atoms with Gasteiger partial charge < -0.3 is 9.32 Å². The van der Waals surface area contributed by atoms with Crippen LogP contribution in [0.1, 0.15) is 11.1 Å². The summed E-state index contributed by atoms with van der Waals surface area (Å²) in [6.45, 7) is 0.